The second-order valence-corrected chi connectivity index (χ2v) is 7.37. The molecule has 1 amide bonds. The number of rotatable bonds is 7. The minimum atomic E-state index is -3.80. The summed E-state index contributed by atoms with van der Waals surface area (Å²) < 4.78 is 32.8. The first-order valence-electron chi connectivity index (χ1n) is 8.23. The first kappa shape index (κ1) is 20.3. The molecule has 0 spiro atoms. The topological polar surface area (TPSA) is 84.5 Å². The number of allylic oxidation sites excluding steroid dienone is 3. The zero-order valence-corrected chi connectivity index (χ0v) is 16.2. The van der Waals surface area contributed by atoms with Crippen LogP contribution in [-0.4, -0.2) is 21.4 Å². The minimum absolute atomic E-state index is 0.0525. The van der Waals surface area contributed by atoms with Crippen molar-refractivity contribution in [1.82, 2.24) is 0 Å². The fraction of sp³-hybridized carbons (Fsp3) is 0.150. The molecule has 6 nitrogen and oxygen atoms in total. The van der Waals surface area contributed by atoms with Gasteiger partial charge in [-0.05, 0) is 55.8 Å². The van der Waals surface area contributed by atoms with Crippen LogP contribution in [-0.2, 0) is 14.8 Å². The third-order valence-electron chi connectivity index (χ3n) is 3.67. The van der Waals surface area contributed by atoms with Gasteiger partial charge in [-0.1, -0.05) is 24.3 Å². The van der Waals surface area contributed by atoms with E-state index in [1.54, 1.807) is 55.5 Å². The fourth-order valence-corrected chi connectivity index (χ4v) is 3.29. The van der Waals surface area contributed by atoms with Crippen molar-refractivity contribution in [2.75, 3.05) is 17.1 Å². The summed E-state index contributed by atoms with van der Waals surface area (Å²) in [6.45, 7) is 3.63. The van der Waals surface area contributed by atoms with Crippen LogP contribution in [0.3, 0.4) is 0 Å². The molecule has 0 atom stereocenters. The van der Waals surface area contributed by atoms with Gasteiger partial charge in [0.05, 0.1) is 12.0 Å². The molecule has 0 heterocycles. The number of nitrogens with one attached hydrogen (secondary N) is 2. The van der Waals surface area contributed by atoms with Crippen LogP contribution in [0.5, 0.6) is 5.75 Å². The lowest BCUT2D eigenvalue weighted by molar-refractivity contribution is -0.111. The van der Waals surface area contributed by atoms with Crippen molar-refractivity contribution in [2.24, 2.45) is 0 Å². The number of methoxy groups -OCH3 is 1. The second-order valence-electron chi connectivity index (χ2n) is 5.68. The van der Waals surface area contributed by atoms with Gasteiger partial charge < -0.3 is 10.1 Å². The molecule has 0 aromatic heterocycles. The Bertz CT molecular complexity index is 962. The van der Waals surface area contributed by atoms with E-state index in [0.29, 0.717) is 17.1 Å². The normalized spacial score (nSPS) is 11.7. The van der Waals surface area contributed by atoms with Gasteiger partial charge in [-0.25, -0.2) is 8.42 Å². The maximum Gasteiger partial charge on any atom is 0.261 e. The molecule has 0 radical (unpaired) electrons. The summed E-state index contributed by atoms with van der Waals surface area (Å²) in [5.41, 5.74) is 1.60. The van der Waals surface area contributed by atoms with Gasteiger partial charge in [-0.15, -0.1) is 0 Å². The Morgan fingerprint density at radius 1 is 1.07 bits per heavy atom. The van der Waals surface area contributed by atoms with E-state index in [0.717, 1.165) is 5.56 Å². The SMILES string of the molecule is C/C=C/C=C/C(=O)Nc1cc(S(=O)(=O)Nc2ccc(OC)cc2)ccc1C. The maximum absolute atomic E-state index is 12.6. The van der Waals surface area contributed by atoms with Crippen LogP contribution < -0.4 is 14.8 Å². The number of carbonyl (C=O) groups excluding carboxylic acids is 1. The third-order valence-corrected chi connectivity index (χ3v) is 5.05. The maximum atomic E-state index is 12.6. The van der Waals surface area contributed by atoms with E-state index in [2.05, 4.69) is 10.0 Å². The molecule has 0 aliphatic rings. The lowest BCUT2D eigenvalue weighted by Gasteiger charge is -2.12. The lowest BCUT2D eigenvalue weighted by Crippen LogP contribution is -2.14. The van der Waals surface area contributed by atoms with Crippen LogP contribution in [0.25, 0.3) is 0 Å². The molecule has 27 heavy (non-hydrogen) atoms. The number of carbonyl (C=O) groups is 1. The molecule has 142 valence electrons. The van der Waals surface area contributed by atoms with Crippen LogP contribution in [0.1, 0.15) is 12.5 Å². The van der Waals surface area contributed by atoms with E-state index in [9.17, 15) is 13.2 Å². The second kappa shape index (κ2) is 9.05. The summed E-state index contributed by atoms with van der Waals surface area (Å²) in [5, 5.41) is 2.69. The Balaban J connectivity index is 2.22. The molecule has 2 rings (SSSR count). The summed E-state index contributed by atoms with van der Waals surface area (Å²) >= 11 is 0. The van der Waals surface area contributed by atoms with Crippen LogP contribution in [0.2, 0.25) is 0 Å². The average Bonchev–Trinajstić information content (AvgIpc) is 2.64. The molecular weight excluding hydrogens is 364 g/mol. The minimum Gasteiger partial charge on any atom is -0.497 e. The van der Waals surface area contributed by atoms with Crippen LogP contribution >= 0.6 is 0 Å². The predicted octanol–water partition coefficient (Wildman–Crippen LogP) is 3.88. The van der Waals surface area contributed by atoms with Gasteiger partial charge in [-0.2, -0.15) is 0 Å². The molecule has 0 aliphatic heterocycles. The highest BCUT2D eigenvalue weighted by Gasteiger charge is 2.16. The van der Waals surface area contributed by atoms with E-state index in [1.807, 2.05) is 6.92 Å². The summed E-state index contributed by atoms with van der Waals surface area (Å²) in [5.74, 6) is 0.290. The molecule has 7 heteroatoms. The number of aryl methyl sites for hydroxylation is 1. The Labute approximate surface area is 159 Å². The smallest absolute Gasteiger partial charge is 0.261 e. The number of ether oxygens (including phenoxy) is 1. The van der Waals surface area contributed by atoms with Gasteiger partial charge in [-0.3, -0.25) is 9.52 Å². The zero-order chi connectivity index (χ0) is 19.9. The van der Waals surface area contributed by atoms with Crippen LogP contribution in [0, 0.1) is 6.92 Å². The largest absolute Gasteiger partial charge is 0.497 e. The first-order chi connectivity index (χ1) is 12.9. The Hall–Kier alpha value is -3.06. The molecule has 0 saturated heterocycles. The van der Waals surface area contributed by atoms with Crippen molar-refractivity contribution >= 4 is 27.3 Å². The van der Waals surface area contributed by atoms with Crippen molar-refractivity contribution in [2.45, 2.75) is 18.7 Å². The van der Waals surface area contributed by atoms with Crippen LogP contribution in [0.4, 0.5) is 11.4 Å². The number of sulfonamides is 1. The summed E-state index contributed by atoms with van der Waals surface area (Å²) in [7, 11) is -2.26. The Morgan fingerprint density at radius 2 is 1.78 bits per heavy atom. The van der Waals surface area contributed by atoms with Crippen molar-refractivity contribution in [3.05, 3.63) is 72.3 Å². The fourth-order valence-electron chi connectivity index (χ4n) is 2.20. The summed E-state index contributed by atoms with van der Waals surface area (Å²) in [6, 6.07) is 11.1. The predicted molar refractivity (Wildman–Crippen MR) is 108 cm³/mol. The van der Waals surface area contributed by atoms with Crippen molar-refractivity contribution in [1.29, 1.82) is 0 Å². The third kappa shape index (κ3) is 5.72. The average molecular weight is 386 g/mol. The van der Waals surface area contributed by atoms with Gasteiger partial charge in [0, 0.05) is 17.5 Å². The highest BCUT2D eigenvalue weighted by molar-refractivity contribution is 7.92. The summed E-state index contributed by atoms with van der Waals surface area (Å²) in [6.07, 6.45) is 6.51. The van der Waals surface area contributed by atoms with Crippen molar-refractivity contribution < 1.29 is 17.9 Å². The number of benzene rings is 2. The molecule has 2 aromatic rings. The summed E-state index contributed by atoms with van der Waals surface area (Å²) in [4.78, 5) is 12.0. The van der Waals surface area contributed by atoms with Crippen LogP contribution in [0.15, 0.2) is 71.7 Å². The van der Waals surface area contributed by atoms with Crippen molar-refractivity contribution in [3.8, 4) is 5.75 Å². The standard InChI is InChI=1S/C20H22N2O4S/c1-4-5-6-7-20(23)21-19-14-18(13-8-15(19)2)27(24,25)22-16-9-11-17(26-3)12-10-16/h4-14,22H,1-3H3,(H,21,23)/b5-4+,7-6+. The Kier molecular flexibility index (Phi) is 6.79. The van der Waals surface area contributed by atoms with E-state index in [-0.39, 0.29) is 10.8 Å². The molecule has 2 aromatic carbocycles. The molecule has 0 fully saturated rings. The molecular formula is C20H22N2O4S. The van der Waals surface area contributed by atoms with E-state index in [1.165, 1.54) is 25.3 Å². The quantitative estimate of drug-likeness (QED) is 0.559. The Morgan fingerprint density at radius 3 is 2.41 bits per heavy atom. The van der Waals surface area contributed by atoms with Gasteiger partial charge in [0.25, 0.3) is 10.0 Å². The number of hydrogen-bond donors (Lipinski definition) is 2. The molecule has 0 saturated carbocycles. The molecule has 0 unspecified atom stereocenters. The van der Waals surface area contributed by atoms with Crippen molar-refractivity contribution in [3.63, 3.8) is 0 Å². The van der Waals surface area contributed by atoms with E-state index >= 15 is 0 Å². The zero-order valence-electron chi connectivity index (χ0n) is 15.4. The molecule has 2 N–H and O–H groups in total. The first-order valence-corrected chi connectivity index (χ1v) is 9.72. The monoisotopic (exact) mass is 386 g/mol. The van der Waals surface area contributed by atoms with Gasteiger partial charge >= 0.3 is 0 Å². The number of amides is 1. The highest BCUT2D eigenvalue weighted by atomic mass is 32.2. The number of hydrogen-bond acceptors (Lipinski definition) is 4. The lowest BCUT2D eigenvalue weighted by atomic mass is 10.2. The molecule has 0 aliphatic carbocycles. The molecule has 0 bridgehead atoms. The van der Waals surface area contributed by atoms with Gasteiger partial charge in [0.2, 0.25) is 5.91 Å². The van der Waals surface area contributed by atoms with Gasteiger partial charge in [0.15, 0.2) is 0 Å². The van der Waals surface area contributed by atoms with E-state index in [4.69, 9.17) is 4.74 Å². The highest BCUT2D eigenvalue weighted by Crippen LogP contribution is 2.23. The van der Waals surface area contributed by atoms with Gasteiger partial charge in [0.1, 0.15) is 5.75 Å². The van der Waals surface area contributed by atoms with E-state index < -0.39 is 10.0 Å². The number of anilines is 2.